The Morgan fingerprint density at radius 3 is 2.41 bits per heavy atom. The molecule has 2 bridgehead atoms. The Bertz CT molecular complexity index is 946. The van der Waals surface area contributed by atoms with Crippen molar-refractivity contribution in [3.8, 4) is 0 Å². The van der Waals surface area contributed by atoms with Crippen LogP contribution in [-0.2, 0) is 25.3 Å². The normalized spacial score (nSPS) is 36.0. The summed E-state index contributed by atoms with van der Waals surface area (Å²) in [6.45, 7) is 6.06. The van der Waals surface area contributed by atoms with Gasteiger partial charge in [-0.25, -0.2) is 4.90 Å². The van der Waals surface area contributed by atoms with Crippen molar-refractivity contribution >= 4 is 23.4 Å². The molecule has 3 aliphatic heterocycles. The number of benzene rings is 1. The molecule has 5 atom stereocenters. The molecule has 0 saturated carbocycles. The average molecular weight is 410 g/mol. The minimum atomic E-state index is -4.60. The summed E-state index contributed by atoms with van der Waals surface area (Å²) in [6, 6.07) is 2.97. The molecule has 1 aromatic carbocycles. The topological polar surface area (TPSA) is 75.7 Å². The molecule has 3 aliphatic rings. The summed E-state index contributed by atoms with van der Waals surface area (Å²) in [4.78, 5) is 38.8. The molecule has 3 saturated heterocycles. The number of amides is 3. The Morgan fingerprint density at radius 2 is 1.83 bits per heavy atom. The first kappa shape index (κ1) is 19.9. The molecule has 156 valence electrons. The minimum Gasteiger partial charge on any atom is -0.365 e. The Morgan fingerprint density at radius 1 is 1.21 bits per heavy atom. The van der Waals surface area contributed by atoms with Crippen molar-refractivity contribution in [1.82, 2.24) is 5.32 Å². The number of fused-ring (bicyclic) bond motifs is 5. The highest BCUT2D eigenvalue weighted by molar-refractivity contribution is 6.23. The number of alkyl halides is 3. The fourth-order valence-electron chi connectivity index (χ4n) is 5.30. The van der Waals surface area contributed by atoms with E-state index in [1.54, 1.807) is 13.8 Å². The number of hydrogen-bond acceptors (Lipinski definition) is 4. The van der Waals surface area contributed by atoms with E-state index in [0.29, 0.717) is 6.42 Å². The van der Waals surface area contributed by atoms with Crippen LogP contribution in [0.1, 0.15) is 38.3 Å². The van der Waals surface area contributed by atoms with Crippen LogP contribution in [0.3, 0.4) is 0 Å². The molecule has 1 aromatic rings. The van der Waals surface area contributed by atoms with E-state index < -0.39 is 52.6 Å². The van der Waals surface area contributed by atoms with Crippen molar-refractivity contribution < 1.29 is 32.3 Å². The number of imide groups is 1. The van der Waals surface area contributed by atoms with Gasteiger partial charge in [0.05, 0.1) is 40.3 Å². The maximum absolute atomic E-state index is 13.3. The van der Waals surface area contributed by atoms with Gasteiger partial charge in [-0.2, -0.15) is 13.2 Å². The Hall–Kier alpha value is -2.42. The molecule has 3 heterocycles. The third kappa shape index (κ3) is 2.63. The zero-order chi connectivity index (χ0) is 21.5. The molecule has 0 spiro atoms. The highest BCUT2D eigenvalue weighted by Gasteiger charge is 2.75. The van der Waals surface area contributed by atoms with E-state index in [9.17, 15) is 27.6 Å². The third-order valence-electron chi connectivity index (χ3n) is 6.50. The SMILES string of the molecule is CC(=O)N[C@@H]1C[C@@]2(C)O[C@]1(C)[C@@H]1C(=O)N(c3ccc(C)c(C(F)(F)F)c3)C(=O)[C@@H]12. The van der Waals surface area contributed by atoms with Crippen LogP contribution >= 0.6 is 0 Å². The predicted octanol–water partition coefficient (Wildman–Crippen LogP) is 2.58. The number of nitrogens with zero attached hydrogens (tertiary/aromatic N) is 1. The Balaban J connectivity index is 1.76. The number of hydrogen-bond donors (Lipinski definition) is 1. The summed E-state index contributed by atoms with van der Waals surface area (Å²) in [5, 5.41) is 2.78. The molecule has 1 N–H and O–H groups in total. The fourth-order valence-corrected chi connectivity index (χ4v) is 5.30. The standard InChI is InChI=1S/C20H21F3N2O4/c1-9-5-6-11(7-12(9)20(21,22)23)25-16(27)14-15(17(25)28)19(4)13(24-10(2)26)8-18(14,3)29-19/h5-7,13-15H,8H2,1-4H3,(H,24,26)/t13-,14-,15+,18-,19+/m1/s1. The second-order valence-electron chi connectivity index (χ2n) is 8.52. The van der Waals surface area contributed by atoms with Crippen molar-refractivity contribution in [1.29, 1.82) is 0 Å². The van der Waals surface area contributed by atoms with Crippen LogP contribution < -0.4 is 10.2 Å². The number of carbonyl (C=O) groups excluding carboxylic acids is 3. The number of halogens is 3. The summed E-state index contributed by atoms with van der Waals surface area (Å²) >= 11 is 0. The molecule has 0 aromatic heterocycles. The van der Waals surface area contributed by atoms with E-state index in [-0.39, 0.29) is 17.2 Å². The number of rotatable bonds is 2. The van der Waals surface area contributed by atoms with Gasteiger partial charge in [-0.1, -0.05) is 6.07 Å². The zero-order valence-electron chi connectivity index (χ0n) is 16.4. The van der Waals surface area contributed by atoms with Crippen LogP contribution in [0, 0.1) is 18.8 Å². The lowest BCUT2D eigenvalue weighted by atomic mass is 9.66. The van der Waals surface area contributed by atoms with E-state index in [2.05, 4.69) is 5.32 Å². The van der Waals surface area contributed by atoms with Crippen LogP contribution in [0.4, 0.5) is 18.9 Å². The number of nitrogens with one attached hydrogen (secondary N) is 1. The Labute approximate surface area is 165 Å². The predicted molar refractivity (Wildman–Crippen MR) is 95.8 cm³/mol. The quantitative estimate of drug-likeness (QED) is 0.761. The molecular weight excluding hydrogens is 389 g/mol. The minimum absolute atomic E-state index is 0.00795. The molecule has 4 rings (SSSR count). The van der Waals surface area contributed by atoms with Gasteiger partial charge in [0.25, 0.3) is 0 Å². The largest absolute Gasteiger partial charge is 0.416 e. The van der Waals surface area contributed by atoms with Gasteiger partial charge in [0.2, 0.25) is 17.7 Å². The van der Waals surface area contributed by atoms with Crippen molar-refractivity contribution in [2.45, 2.75) is 57.5 Å². The number of carbonyl (C=O) groups is 3. The first-order valence-electron chi connectivity index (χ1n) is 9.32. The van der Waals surface area contributed by atoms with Crippen molar-refractivity contribution in [2.24, 2.45) is 11.8 Å². The van der Waals surface area contributed by atoms with Crippen LogP contribution in [0.25, 0.3) is 0 Å². The molecule has 0 radical (unpaired) electrons. The first-order valence-corrected chi connectivity index (χ1v) is 9.32. The summed E-state index contributed by atoms with van der Waals surface area (Å²) in [7, 11) is 0. The molecule has 29 heavy (non-hydrogen) atoms. The van der Waals surface area contributed by atoms with Gasteiger partial charge in [0.1, 0.15) is 0 Å². The van der Waals surface area contributed by atoms with Gasteiger partial charge < -0.3 is 10.1 Å². The monoisotopic (exact) mass is 410 g/mol. The number of anilines is 1. The molecule has 0 aliphatic carbocycles. The van der Waals surface area contributed by atoms with Crippen LogP contribution in [0.15, 0.2) is 18.2 Å². The highest BCUT2D eigenvalue weighted by atomic mass is 19.4. The lowest BCUT2D eigenvalue weighted by Crippen LogP contribution is -2.56. The van der Waals surface area contributed by atoms with Gasteiger partial charge in [0, 0.05) is 6.92 Å². The van der Waals surface area contributed by atoms with Crippen LogP contribution in [0.5, 0.6) is 0 Å². The van der Waals surface area contributed by atoms with Gasteiger partial charge in [-0.3, -0.25) is 14.4 Å². The van der Waals surface area contributed by atoms with Gasteiger partial charge in [-0.15, -0.1) is 0 Å². The average Bonchev–Trinajstić information content (AvgIpc) is 3.08. The first-order chi connectivity index (χ1) is 13.3. The lowest BCUT2D eigenvalue weighted by Gasteiger charge is -2.35. The van der Waals surface area contributed by atoms with Gasteiger partial charge in [-0.05, 0) is 44.9 Å². The maximum Gasteiger partial charge on any atom is 0.416 e. The van der Waals surface area contributed by atoms with E-state index >= 15 is 0 Å². The van der Waals surface area contributed by atoms with Gasteiger partial charge >= 0.3 is 6.18 Å². The van der Waals surface area contributed by atoms with Crippen LogP contribution in [-0.4, -0.2) is 35.0 Å². The van der Waals surface area contributed by atoms with Crippen molar-refractivity contribution in [2.75, 3.05) is 4.90 Å². The number of aryl methyl sites for hydroxylation is 1. The van der Waals surface area contributed by atoms with Crippen molar-refractivity contribution in [3.05, 3.63) is 29.3 Å². The highest BCUT2D eigenvalue weighted by Crippen LogP contribution is 2.61. The van der Waals surface area contributed by atoms with E-state index in [0.717, 1.165) is 11.0 Å². The van der Waals surface area contributed by atoms with Crippen molar-refractivity contribution in [3.63, 3.8) is 0 Å². The zero-order valence-corrected chi connectivity index (χ0v) is 16.4. The Kier molecular flexibility index (Phi) is 3.98. The molecular formula is C20H21F3N2O4. The third-order valence-corrected chi connectivity index (χ3v) is 6.50. The molecule has 0 unspecified atom stereocenters. The van der Waals surface area contributed by atoms with Gasteiger partial charge in [0.15, 0.2) is 0 Å². The van der Waals surface area contributed by atoms with E-state index in [1.807, 2.05) is 0 Å². The molecule has 3 fully saturated rings. The summed E-state index contributed by atoms with van der Waals surface area (Å²) in [6.07, 6.45) is -4.25. The van der Waals surface area contributed by atoms with E-state index in [4.69, 9.17) is 4.74 Å². The second-order valence-corrected chi connectivity index (χ2v) is 8.52. The van der Waals surface area contributed by atoms with Crippen LogP contribution in [0.2, 0.25) is 0 Å². The fraction of sp³-hybridized carbons (Fsp3) is 0.550. The smallest absolute Gasteiger partial charge is 0.365 e. The summed E-state index contributed by atoms with van der Waals surface area (Å²) in [5.41, 5.74) is -3.07. The summed E-state index contributed by atoms with van der Waals surface area (Å²) in [5.74, 6) is -3.13. The van der Waals surface area contributed by atoms with E-state index in [1.165, 1.54) is 26.0 Å². The molecule has 9 heteroatoms. The second kappa shape index (κ2) is 5.81. The summed E-state index contributed by atoms with van der Waals surface area (Å²) < 4.78 is 46.0. The lowest BCUT2D eigenvalue weighted by molar-refractivity contribution is -0.138. The molecule has 3 amide bonds. The maximum atomic E-state index is 13.3. The molecule has 6 nitrogen and oxygen atoms in total. The number of ether oxygens (including phenoxy) is 1.